The van der Waals surface area contributed by atoms with E-state index in [1.165, 1.54) is 6.26 Å². The van der Waals surface area contributed by atoms with Crippen molar-refractivity contribution in [3.63, 3.8) is 0 Å². The minimum atomic E-state index is -5.72. The molecule has 27 heavy (non-hydrogen) atoms. The van der Waals surface area contributed by atoms with Crippen molar-refractivity contribution in [1.82, 2.24) is 10.2 Å². The van der Waals surface area contributed by atoms with Crippen molar-refractivity contribution >= 4 is 38.1 Å². The zero-order chi connectivity index (χ0) is 19.7. The van der Waals surface area contributed by atoms with Crippen LogP contribution < -0.4 is 5.32 Å². The molecule has 0 fully saturated rings. The summed E-state index contributed by atoms with van der Waals surface area (Å²) in [4.78, 5) is -1.47. The van der Waals surface area contributed by atoms with Gasteiger partial charge in [0.05, 0.1) is 17.7 Å². The molecule has 3 aromatic rings. The summed E-state index contributed by atoms with van der Waals surface area (Å²) in [6.07, 6.45) is 1.50. The number of rotatable bonds is 6. The number of anilines is 1. The number of furan rings is 1. The number of alkyl halides is 3. The molecule has 1 aromatic carbocycles. The normalized spacial score (nSPS) is 12.3. The van der Waals surface area contributed by atoms with Crippen LogP contribution in [0.3, 0.4) is 0 Å². The first kappa shape index (κ1) is 19.6. The molecule has 0 radical (unpaired) electrons. The lowest BCUT2D eigenvalue weighted by atomic mass is 10.3. The second kappa shape index (κ2) is 7.48. The van der Waals surface area contributed by atoms with Crippen LogP contribution >= 0.6 is 23.1 Å². The van der Waals surface area contributed by atoms with E-state index in [9.17, 15) is 26.0 Å². The van der Waals surface area contributed by atoms with Crippen molar-refractivity contribution in [2.75, 3.05) is 5.32 Å². The van der Waals surface area contributed by atoms with E-state index in [0.717, 1.165) is 23.5 Å². The number of nitrogens with zero attached hydrogens (tertiary/aromatic N) is 2. The quantitative estimate of drug-likeness (QED) is 0.573. The summed E-state index contributed by atoms with van der Waals surface area (Å²) in [6.45, 7) is 0.316. The molecule has 2 heterocycles. The largest absolute Gasteiger partial charge is 0.501 e. The number of aromatic nitrogens is 2. The third-order valence-corrected chi connectivity index (χ3v) is 6.76. The van der Waals surface area contributed by atoms with Gasteiger partial charge in [-0.1, -0.05) is 23.1 Å². The molecular weight excluding hydrogens is 430 g/mol. The van der Waals surface area contributed by atoms with Gasteiger partial charge in [0.25, 0.3) is 9.84 Å². The van der Waals surface area contributed by atoms with Crippen LogP contribution in [0.4, 0.5) is 22.7 Å². The van der Waals surface area contributed by atoms with Crippen LogP contribution in [0.25, 0.3) is 0 Å². The monoisotopic (exact) mass is 439 g/mol. The van der Waals surface area contributed by atoms with Gasteiger partial charge in [0.2, 0.25) is 5.13 Å². The van der Waals surface area contributed by atoms with E-state index in [0.29, 0.717) is 35.3 Å². The second-order valence-corrected chi connectivity index (χ2v) is 9.12. The van der Waals surface area contributed by atoms with Crippen LogP contribution in [0.5, 0.6) is 0 Å². The van der Waals surface area contributed by atoms with Gasteiger partial charge in [-0.05, 0) is 30.3 Å². The Kier molecular flexibility index (Phi) is 5.44. The maximum absolute atomic E-state index is 13.4. The summed E-state index contributed by atoms with van der Waals surface area (Å²) in [5.41, 5.74) is -5.55. The summed E-state index contributed by atoms with van der Waals surface area (Å²) in [6, 6.07) is 5.60. The Morgan fingerprint density at radius 2 is 2.00 bits per heavy atom. The number of hydrogen-bond acceptors (Lipinski definition) is 8. The third-order valence-electron chi connectivity index (χ3n) is 3.10. The minimum absolute atomic E-state index is 0.183. The fourth-order valence-electron chi connectivity index (χ4n) is 1.89. The molecule has 0 atom stereocenters. The molecule has 6 nitrogen and oxygen atoms in total. The van der Waals surface area contributed by atoms with Crippen molar-refractivity contribution in [1.29, 1.82) is 0 Å². The van der Waals surface area contributed by atoms with E-state index < -0.39 is 26.1 Å². The predicted molar refractivity (Wildman–Crippen MR) is 89.7 cm³/mol. The number of hydrogen-bond donors (Lipinski definition) is 1. The van der Waals surface area contributed by atoms with Crippen molar-refractivity contribution in [2.45, 2.75) is 26.2 Å². The summed E-state index contributed by atoms with van der Waals surface area (Å²) in [5, 5.41) is 10.9. The van der Waals surface area contributed by atoms with Gasteiger partial charge in [0.15, 0.2) is 4.34 Å². The van der Waals surface area contributed by atoms with Crippen LogP contribution in [-0.4, -0.2) is 24.1 Å². The summed E-state index contributed by atoms with van der Waals surface area (Å²) in [5.74, 6) is -0.461. The Morgan fingerprint density at radius 3 is 2.67 bits per heavy atom. The Morgan fingerprint density at radius 1 is 1.22 bits per heavy atom. The lowest BCUT2D eigenvalue weighted by Gasteiger charge is -2.11. The van der Waals surface area contributed by atoms with E-state index in [-0.39, 0.29) is 9.24 Å². The van der Waals surface area contributed by atoms with Gasteiger partial charge in [-0.3, -0.25) is 0 Å². The summed E-state index contributed by atoms with van der Waals surface area (Å²) in [7, 11) is -5.72. The molecule has 0 saturated heterocycles. The van der Waals surface area contributed by atoms with E-state index >= 15 is 0 Å². The lowest BCUT2D eigenvalue weighted by molar-refractivity contribution is -0.0437. The molecule has 0 saturated carbocycles. The highest BCUT2D eigenvalue weighted by Crippen LogP contribution is 2.40. The van der Waals surface area contributed by atoms with E-state index in [2.05, 4.69) is 15.5 Å². The number of benzene rings is 1. The van der Waals surface area contributed by atoms with Crippen molar-refractivity contribution in [3.8, 4) is 0 Å². The zero-order valence-electron chi connectivity index (χ0n) is 13.0. The fraction of sp³-hybridized carbons (Fsp3) is 0.143. The Labute approximate surface area is 158 Å². The highest BCUT2D eigenvalue weighted by Gasteiger charge is 2.48. The first-order valence-corrected chi connectivity index (χ1v) is 10.2. The first-order chi connectivity index (χ1) is 12.7. The van der Waals surface area contributed by atoms with Crippen molar-refractivity contribution < 1.29 is 30.4 Å². The maximum Gasteiger partial charge on any atom is 0.501 e. The van der Waals surface area contributed by atoms with Crippen molar-refractivity contribution in [3.05, 3.63) is 48.2 Å². The van der Waals surface area contributed by atoms with Gasteiger partial charge < -0.3 is 9.73 Å². The van der Waals surface area contributed by atoms with Gasteiger partial charge in [0.1, 0.15) is 11.6 Å². The molecule has 0 aliphatic heterocycles. The highest BCUT2D eigenvalue weighted by molar-refractivity contribution is 8.02. The van der Waals surface area contributed by atoms with Crippen LogP contribution in [0, 0.1) is 5.82 Å². The third kappa shape index (κ3) is 4.42. The minimum Gasteiger partial charge on any atom is -0.467 e. The van der Waals surface area contributed by atoms with Gasteiger partial charge in [-0.15, -0.1) is 10.2 Å². The smallest absolute Gasteiger partial charge is 0.467 e. The summed E-state index contributed by atoms with van der Waals surface area (Å²) >= 11 is 1.64. The van der Waals surface area contributed by atoms with Gasteiger partial charge in [-0.25, -0.2) is 12.8 Å². The van der Waals surface area contributed by atoms with Crippen LogP contribution in [0.1, 0.15) is 5.76 Å². The molecule has 0 spiro atoms. The van der Waals surface area contributed by atoms with Gasteiger partial charge in [-0.2, -0.15) is 13.2 Å². The van der Waals surface area contributed by atoms with Crippen LogP contribution in [0.15, 0.2) is 55.1 Å². The molecule has 144 valence electrons. The van der Waals surface area contributed by atoms with Crippen LogP contribution in [0.2, 0.25) is 0 Å². The van der Waals surface area contributed by atoms with E-state index in [1.807, 2.05) is 0 Å². The standard InChI is InChI=1S/C14H9F4N3O3S3/c15-8-3-4-10(11(6-8)27(22,23)14(16,17)18)25-13-21-20-12(26-13)19-7-9-2-1-5-24-9/h1-6H,7H2,(H,19,20). The molecular formula is C14H9F4N3O3S3. The van der Waals surface area contributed by atoms with E-state index in [4.69, 9.17) is 4.42 Å². The number of sulfone groups is 1. The van der Waals surface area contributed by atoms with Crippen LogP contribution in [-0.2, 0) is 16.4 Å². The first-order valence-electron chi connectivity index (χ1n) is 7.05. The molecule has 3 rings (SSSR count). The molecule has 0 unspecified atom stereocenters. The van der Waals surface area contributed by atoms with Crippen molar-refractivity contribution in [2.24, 2.45) is 0 Å². The fourth-order valence-corrected chi connectivity index (χ4v) is 4.91. The maximum atomic E-state index is 13.4. The number of nitrogens with one attached hydrogen (secondary N) is 1. The average Bonchev–Trinajstić information content (AvgIpc) is 3.25. The molecule has 0 aliphatic carbocycles. The average molecular weight is 439 g/mol. The molecule has 2 aromatic heterocycles. The second-order valence-electron chi connectivity index (χ2n) is 4.95. The Hall–Kier alpha value is -2.12. The van der Waals surface area contributed by atoms with Gasteiger partial charge in [0, 0.05) is 4.90 Å². The lowest BCUT2D eigenvalue weighted by Crippen LogP contribution is -2.24. The highest BCUT2D eigenvalue weighted by atomic mass is 32.2. The Bertz CT molecular complexity index is 1030. The molecule has 0 aliphatic rings. The predicted octanol–water partition coefficient (Wildman–Crippen LogP) is 4.33. The molecule has 1 N–H and O–H groups in total. The van der Waals surface area contributed by atoms with Gasteiger partial charge >= 0.3 is 5.51 Å². The molecule has 0 amide bonds. The van der Waals surface area contributed by atoms with E-state index in [1.54, 1.807) is 12.1 Å². The Balaban J connectivity index is 1.82. The molecule has 13 heteroatoms. The SMILES string of the molecule is O=S(=O)(c1cc(F)ccc1Sc1nnc(NCc2ccco2)s1)C(F)(F)F. The topological polar surface area (TPSA) is 85.1 Å². The summed E-state index contributed by atoms with van der Waals surface area (Å²) < 4.78 is 80.6. The molecule has 0 bridgehead atoms. The zero-order valence-corrected chi connectivity index (χ0v) is 15.5. The number of halogens is 4.